The SMILES string of the molecule is Cc1cc(C(=O)N2C=C(C(=O)OC(C)C)c3[nH]c4c(c(C(F)(F)F)nn4C)c3C(C)(C)C2)ccc1F. The first-order valence-corrected chi connectivity index (χ1v) is 11.3. The highest BCUT2D eigenvalue weighted by Crippen LogP contribution is 2.45. The molecule has 0 unspecified atom stereocenters. The second kappa shape index (κ2) is 8.49. The first-order chi connectivity index (χ1) is 16.6. The Hall–Kier alpha value is -3.63. The number of esters is 1. The molecule has 0 atom stereocenters. The fourth-order valence-electron chi connectivity index (χ4n) is 4.56. The molecular formula is C25H26F4N4O3. The highest BCUT2D eigenvalue weighted by atomic mass is 19.4. The summed E-state index contributed by atoms with van der Waals surface area (Å²) in [5.74, 6) is -1.82. The number of alkyl halides is 3. The van der Waals surface area contributed by atoms with E-state index in [9.17, 15) is 27.2 Å². The molecule has 1 aliphatic rings. The summed E-state index contributed by atoms with van der Waals surface area (Å²) in [7, 11) is 1.38. The fourth-order valence-corrected chi connectivity index (χ4v) is 4.56. The van der Waals surface area contributed by atoms with Crippen molar-refractivity contribution in [3.63, 3.8) is 0 Å². The number of aryl methyl sites for hydroxylation is 2. The van der Waals surface area contributed by atoms with Gasteiger partial charge in [-0.05, 0) is 50.1 Å². The molecule has 0 saturated heterocycles. The Morgan fingerprint density at radius 1 is 1.22 bits per heavy atom. The van der Waals surface area contributed by atoms with Gasteiger partial charge in [0.2, 0.25) is 0 Å². The summed E-state index contributed by atoms with van der Waals surface area (Å²) in [6, 6.07) is 3.87. The quantitative estimate of drug-likeness (QED) is 0.396. The maximum Gasteiger partial charge on any atom is 0.435 e. The number of H-pyrrole nitrogens is 1. The molecule has 36 heavy (non-hydrogen) atoms. The van der Waals surface area contributed by atoms with Crippen molar-refractivity contribution in [3.8, 4) is 0 Å². The minimum atomic E-state index is -4.75. The molecule has 4 rings (SSSR count). The summed E-state index contributed by atoms with van der Waals surface area (Å²) in [6.07, 6.45) is -3.98. The highest BCUT2D eigenvalue weighted by molar-refractivity contribution is 6.18. The van der Waals surface area contributed by atoms with E-state index in [-0.39, 0.29) is 45.5 Å². The van der Waals surface area contributed by atoms with Crippen LogP contribution in [0.1, 0.15) is 60.6 Å². The standard InChI is InChI=1S/C25H26F4N4O3/c1-12(2)36-23(35)15-10-33(22(34)14-7-8-16(26)13(3)9-14)11-24(4,5)18-17-20(25(27,28)29)31-32(6)21(17)30-19(15)18/h7-10,12,30H,11H2,1-6H3. The molecule has 1 amide bonds. The van der Waals surface area contributed by atoms with Gasteiger partial charge in [0.1, 0.15) is 11.5 Å². The number of benzene rings is 1. The lowest BCUT2D eigenvalue weighted by Gasteiger charge is -2.29. The van der Waals surface area contributed by atoms with Crippen molar-refractivity contribution in [2.75, 3.05) is 6.54 Å². The molecule has 0 saturated carbocycles. The van der Waals surface area contributed by atoms with Gasteiger partial charge in [-0.15, -0.1) is 0 Å². The average Bonchev–Trinajstić information content (AvgIpc) is 3.26. The monoisotopic (exact) mass is 506 g/mol. The van der Waals surface area contributed by atoms with Crippen LogP contribution in [0.2, 0.25) is 0 Å². The van der Waals surface area contributed by atoms with E-state index in [0.29, 0.717) is 0 Å². The lowest BCUT2D eigenvalue weighted by Crippen LogP contribution is -2.37. The number of fused-ring (bicyclic) bond motifs is 3. The van der Waals surface area contributed by atoms with Crippen molar-refractivity contribution in [3.05, 3.63) is 58.3 Å². The Labute approximate surface area is 204 Å². The van der Waals surface area contributed by atoms with E-state index in [4.69, 9.17) is 4.74 Å². The Morgan fingerprint density at radius 3 is 2.47 bits per heavy atom. The molecule has 7 nitrogen and oxygen atoms in total. The minimum absolute atomic E-state index is 0.0626. The van der Waals surface area contributed by atoms with Crippen LogP contribution in [-0.4, -0.2) is 44.2 Å². The zero-order valence-corrected chi connectivity index (χ0v) is 20.7. The molecule has 1 aliphatic heterocycles. The van der Waals surface area contributed by atoms with Crippen LogP contribution in [0.5, 0.6) is 0 Å². The van der Waals surface area contributed by atoms with Crippen molar-refractivity contribution in [1.82, 2.24) is 19.7 Å². The van der Waals surface area contributed by atoms with Gasteiger partial charge >= 0.3 is 12.1 Å². The van der Waals surface area contributed by atoms with Crippen molar-refractivity contribution < 1.29 is 31.9 Å². The first-order valence-electron chi connectivity index (χ1n) is 11.3. The van der Waals surface area contributed by atoms with Gasteiger partial charge in [0.05, 0.1) is 22.8 Å². The third kappa shape index (κ3) is 4.27. The van der Waals surface area contributed by atoms with E-state index in [0.717, 1.165) is 4.68 Å². The lowest BCUT2D eigenvalue weighted by atomic mass is 9.81. The van der Waals surface area contributed by atoms with Crippen LogP contribution in [0, 0.1) is 12.7 Å². The molecule has 0 bridgehead atoms. The maximum atomic E-state index is 14.0. The van der Waals surface area contributed by atoms with Gasteiger partial charge in [-0.1, -0.05) is 13.8 Å². The summed E-state index contributed by atoms with van der Waals surface area (Å²) in [6.45, 7) is 8.11. The largest absolute Gasteiger partial charge is 0.459 e. The number of carbonyl (C=O) groups is 2. The van der Waals surface area contributed by atoms with Crippen LogP contribution in [0.15, 0.2) is 24.4 Å². The highest BCUT2D eigenvalue weighted by Gasteiger charge is 2.44. The number of aromatic nitrogens is 3. The number of halogens is 4. The molecule has 0 radical (unpaired) electrons. The summed E-state index contributed by atoms with van der Waals surface area (Å²) < 4.78 is 62.2. The molecule has 0 fully saturated rings. The maximum absolute atomic E-state index is 14.0. The average molecular weight is 507 g/mol. The van der Waals surface area contributed by atoms with Crippen LogP contribution in [0.25, 0.3) is 16.6 Å². The summed E-state index contributed by atoms with van der Waals surface area (Å²) in [5, 5.41) is 3.51. The van der Waals surface area contributed by atoms with E-state index in [1.807, 2.05) is 0 Å². The third-order valence-corrected chi connectivity index (χ3v) is 6.08. The van der Waals surface area contributed by atoms with Gasteiger partial charge in [-0.3, -0.25) is 9.48 Å². The number of ether oxygens (including phenoxy) is 1. The second-order valence-corrected chi connectivity index (χ2v) is 9.85. The number of rotatable bonds is 3. The van der Waals surface area contributed by atoms with Crippen molar-refractivity contribution >= 4 is 28.5 Å². The summed E-state index contributed by atoms with van der Waals surface area (Å²) in [4.78, 5) is 30.8. The normalized spacial score (nSPS) is 15.6. The van der Waals surface area contributed by atoms with Crippen LogP contribution in [0.4, 0.5) is 17.6 Å². The Morgan fingerprint density at radius 2 is 1.89 bits per heavy atom. The summed E-state index contributed by atoms with van der Waals surface area (Å²) in [5.41, 5.74) is -1.38. The Bertz CT molecular complexity index is 1410. The van der Waals surface area contributed by atoms with Gasteiger partial charge in [0.25, 0.3) is 5.91 Å². The predicted octanol–water partition coefficient (Wildman–Crippen LogP) is 5.09. The van der Waals surface area contributed by atoms with Crippen LogP contribution >= 0.6 is 0 Å². The van der Waals surface area contributed by atoms with Gasteiger partial charge < -0.3 is 14.6 Å². The second-order valence-electron chi connectivity index (χ2n) is 9.85. The molecule has 0 aliphatic carbocycles. The third-order valence-electron chi connectivity index (χ3n) is 6.08. The molecule has 3 aromatic rings. The molecule has 2 aromatic heterocycles. The van der Waals surface area contributed by atoms with E-state index < -0.39 is 41.1 Å². The molecular weight excluding hydrogens is 480 g/mol. The molecule has 0 spiro atoms. The van der Waals surface area contributed by atoms with E-state index in [1.165, 1.54) is 43.3 Å². The predicted molar refractivity (Wildman–Crippen MR) is 124 cm³/mol. The molecule has 192 valence electrons. The number of hydrogen-bond acceptors (Lipinski definition) is 4. The number of nitrogens with one attached hydrogen (secondary N) is 1. The summed E-state index contributed by atoms with van der Waals surface area (Å²) >= 11 is 0. The van der Waals surface area contributed by atoms with Crippen molar-refractivity contribution in [1.29, 1.82) is 0 Å². The molecule has 3 heterocycles. The van der Waals surface area contributed by atoms with Gasteiger partial charge in [-0.25, -0.2) is 9.18 Å². The first kappa shape index (κ1) is 25.5. The zero-order chi connectivity index (χ0) is 26.7. The number of nitrogens with zero attached hydrogens (tertiary/aromatic N) is 3. The fraction of sp³-hybridized carbons (Fsp3) is 0.400. The van der Waals surface area contributed by atoms with Crippen LogP contribution < -0.4 is 0 Å². The van der Waals surface area contributed by atoms with Crippen molar-refractivity contribution in [2.45, 2.75) is 52.3 Å². The Balaban J connectivity index is 1.97. The van der Waals surface area contributed by atoms with E-state index in [1.54, 1.807) is 27.7 Å². The van der Waals surface area contributed by atoms with Gasteiger partial charge in [0, 0.05) is 30.8 Å². The van der Waals surface area contributed by atoms with Gasteiger partial charge in [-0.2, -0.15) is 18.3 Å². The van der Waals surface area contributed by atoms with Gasteiger partial charge in [0.15, 0.2) is 5.69 Å². The molecule has 11 heteroatoms. The molecule has 1 N–H and O–H groups in total. The lowest BCUT2D eigenvalue weighted by molar-refractivity contribution is -0.141. The number of hydrogen-bond donors (Lipinski definition) is 1. The van der Waals surface area contributed by atoms with E-state index >= 15 is 0 Å². The van der Waals surface area contributed by atoms with Crippen LogP contribution in [-0.2, 0) is 28.2 Å². The number of amides is 1. The van der Waals surface area contributed by atoms with Crippen molar-refractivity contribution in [2.24, 2.45) is 7.05 Å². The topological polar surface area (TPSA) is 80.2 Å². The van der Waals surface area contributed by atoms with E-state index in [2.05, 4.69) is 10.1 Å². The Kier molecular flexibility index (Phi) is 6.01. The smallest absolute Gasteiger partial charge is 0.435 e. The number of carbonyl (C=O) groups excluding carboxylic acids is 2. The molecule has 1 aromatic carbocycles. The number of aromatic amines is 1. The zero-order valence-electron chi connectivity index (χ0n) is 20.7. The van der Waals surface area contributed by atoms with Crippen LogP contribution in [0.3, 0.4) is 0 Å². The minimum Gasteiger partial charge on any atom is -0.459 e.